The molecule has 0 saturated carbocycles. The van der Waals surface area contributed by atoms with Crippen molar-refractivity contribution in [2.24, 2.45) is 0 Å². The van der Waals surface area contributed by atoms with Gasteiger partial charge >= 0.3 is 0 Å². The highest BCUT2D eigenvalue weighted by Gasteiger charge is 2.22. The lowest BCUT2D eigenvalue weighted by Crippen LogP contribution is -1.96. The number of aromatic nitrogens is 4. The Morgan fingerprint density at radius 3 is 1.64 bits per heavy atom. The lowest BCUT2D eigenvalue weighted by atomic mass is 10.0. The average molecular weight is 643 g/mol. The van der Waals surface area contributed by atoms with Gasteiger partial charge in [0.05, 0.1) is 17.0 Å². The van der Waals surface area contributed by atoms with Gasteiger partial charge < -0.3 is 8.83 Å². The number of nitrogens with zero attached hydrogens (tertiary/aromatic N) is 4. The minimum atomic E-state index is 0.588. The summed E-state index contributed by atoms with van der Waals surface area (Å²) in [5, 5.41) is 2.81. The molecule has 6 aromatic carbocycles. The van der Waals surface area contributed by atoms with Gasteiger partial charge in [-0.1, -0.05) is 127 Å². The van der Waals surface area contributed by atoms with E-state index in [4.69, 9.17) is 28.8 Å². The quantitative estimate of drug-likeness (QED) is 0.186. The summed E-state index contributed by atoms with van der Waals surface area (Å²) in [6.45, 7) is 0. The Labute approximate surface area is 286 Å². The van der Waals surface area contributed by atoms with Gasteiger partial charge in [0, 0.05) is 38.4 Å². The maximum Gasteiger partial charge on any atom is 0.180 e. The molecule has 50 heavy (non-hydrogen) atoms. The summed E-state index contributed by atoms with van der Waals surface area (Å²) in [5.41, 5.74) is 10.7. The number of rotatable bonds is 5. The number of benzene rings is 6. The second-order valence-corrected chi connectivity index (χ2v) is 12.2. The Morgan fingerprint density at radius 1 is 0.380 bits per heavy atom. The molecule has 0 unspecified atom stereocenters. The van der Waals surface area contributed by atoms with Crippen molar-refractivity contribution in [3.63, 3.8) is 0 Å². The van der Waals surface area contributed by atoms with Gasteiger partial charge in [-0.15, -0.1) is 0 Å². The monoisotopic (exact) mass is 642 g/mol. The highest BCUT2D eigenvalue weighted by Crippen LogP contribution is 2.42. The highest BCUT2D eigenvalue weighted by atomic mass is 16.3. The van der Waals surface area contributed by atoms with Crippen LogP contribution in [0, 0.1) is 0 Å². The molecule has 6 heteroatoms. The maximum absolute atomic E-state index is 6.69. The first-order chi connectivity index (χ1) is 24.8. The minimum absolute atomic E-state index is 0.588. The van der Waals surface area contributed by atoms with Crippen molar-refractivity contribution in [1.29, 1.82) is 0 Å². The first-order valence-corrected chi connectivity index (χ1v) is 16.5. The predicted octanol–water partition coefficient (Wildman–Crippen LogP) is 11.4. The highest BCUT2D eigenvalue weighted by molar-refractivity contribution is 6.15. The Balaban J connectivity index is 1.21. The molecular formula is C44H26N4O2. The first-order valence-electron chi connectivity index (χ1n) is 16.5. The van der Waals surface area contributed by atoms with Gasteiger partial charge in [-0.2, -0.15) is 0 Å². The third kappa shape index (κ3) is 4.58. The van der Waals surface area contributed by atoms with Crippen molar-refractivity contribution < 1.29 is 8.83 Å². The van der Waals surface area contributed by atoms with Crippen LogP contribution >= 0.6 is 0 Å². The van der Waals surface area contributed by atoms with E-state index in [-0.39, 0.29) is 0 Å². The Bertz CT molecular complexity index is 2800. The zero-order chi connectivity index (χ0) is 33.0. The first kappa shape index (κ1) is 28.1. The van der Waals surface area contributed by atoms with E-state index in [2.05, 4.69) is 36.4 Å². The summed E-state index contributed by atoms with van der Waals surface area (Å²) in [6, 6.07) is 52.7. The molecule has 6 nitrogen and oxygen atoms in total. The second kappa shape index (κ2) is 11.4. The smallest absolute Gasteiger partial charge is 0.180 e. The topological polar surface area (TPSA) is 77.8 Å². The molecule has 0 saturated heterocycles. The SMILES string of the molecule is c1ccc(-c2cc(-c3ccccc3)nc(-c3cccc4c3oc3cccc(-c5nc(-c6ccccc6)c6oc7ccccc7c6n5)c34)n2)cc1. The maximum atomic E-state index is 6.69. The van der Waals surface area contributed by atoms with Crippen LogP contribution in [0.2, 0.25) is 0 Å². The van der Waals surface area contributed by atoms with Crippen LogP contribution in [0.1, 0.15) is 0 Å². The van der Waals surface area contributed by atoms with Gasteiger partial charge in [0.1, 0.15) is 28.0 Å². The number of hydrogen-bond donors (Lipinski definition) is 0. The summed E-state index contributed by atoms with van der Waals surface area (Å²) in [5.74, 6) is 1.18. The lowest BCUT2D eigenvalue weighted by molar-refractivity contribution is 0.667. The Morgan fingerprint density at radius 2 is 0.920 bits per heavy atom. The van der Waals surface area contributed by atoms with Crippen molar-refractivity contribution in [1.82, 2.24) is 19.9 Å². The van der Waals surface area contributed by atoms with Crippen LogP contribution in [0.5, 0.6) is 0 Å². The van der Waals surface area contributed by atoms with Gasteiger partial charge in [-0.25, -0.2) is 19.9 Å². The van der Waals surface area contributed by atoms with E-state index in [0.717, 1.165) is 77.7 Å². The molecule has 0 radical (unpaired) electrons. The fraction of sp³-hybridized carbons (Fsp3) is 0. The minimum Gasteiger partial charge on any atom is -0.455 e. The standard InChI is InChI=1S/C44H26N4O2/c1-4-14-27(15-5-1)34-26-35(28-16-6-2-7-17-28)46-44(45-34)33-23-12-21-31-38-32(22-13-25-37(38)50-41(31)33)43-47-39(29-18-8-3-9-19-29)42-40(48-43)30-20-10-11-24-36(30)49-42/h1-26H. The molecule has 0 aliphatic rings. The van der Waals surface area contributed by atoms with Crippen LogP contribution in [0.15, 0.2) is 167 Å². The van der Waals surface area contributed by atoms with Crippen molar-refractivity contribution in [2.45, 2.75) is 0 Å². The second-order valence-electron chi connectivity index (χ2n) is 12.2. The van der Waals surface area contributed by atoms with Crippen LogP contribution in [0.4, 0.5) is 0 Å². The van der Waals surface area contributed by atoms with Crippen molar-refractivity contribution in [3.05, 3.63) is 158 Å². The van der Waals surface area contributed by atoms with E-state index in [1.807, 2.05) is 121 Å². The molecule has 0 aliphatic heterocycles. The van der Waals surface area contributed by atoms with Crippen LogP contribution in [0.3, 0.4) is 0 Å². The van der Waals surface area contributed by atoms with E-state index in [0.29, 0.717) is 22.8 Å². The number of furan rings is 2. The van der Waals surface area contributed by atoms with Gasteiger partial charge in [0.25, 0.3) is 0 Å². The van der Waals surface area contributed by atoms with Gasteiger partial charge in [0.15, 0.2) is 17.2 Å². The Kier molecular flexibility index (Phi) is 6.39. The molecule has 0 N–H and O–H groups in total. The third-order valence-corrected chi connectivity index (χ3v) is 9.14. The summed E-state index contributed by atoms with van der Waals surface area (Å²) in [6.07, 6.45) is 0. The average Bonchev–Trinajstić information content (AvgIpc) is 3.77. The summed E-state index contributed by atoms with van der Waals surface area (Å²) in [7, 11) is 0. The van der Waals surface area contributed by atoms with E-state index >= 15 is 0 Å². The fourth-order valence-corrected chi connectivity index (χ4v) is 6.79. The van der Waals surface area contributed by atoms with Crippen LogP contribution in [0.25, 0.3) is 101 Å². The fourth-order valence-electron chi connectivity index (χ4n) is 6.79. The van der Waals surface area contributed by atoms with Crippen molar-refractivity contribution >= 4 is 44.0 Å². The van der Waals surface area contributed by atoms with Crippen LogP contribution < -0.4 is 0 Å². The number of hydrogen-bond acceptors (Lipinski definition) is 6. The van der Waals surface area contributed by atoms with Crippen molar-refractivity contribution in [2.75, 3.05) is 0 Å². The molecule has 4 heterocycles. The van der Waals surface area contributed by atoms with Gasteiger partial charge in [0.2, 0.25) is 0 Å². The molecule has 0 aliphatic carbocycles. The van der Waals surface area contributed by atoms with E-state index in [9.17, 15) is 0 Å². The Hall–Kier alpha value is -6.92. The summed E-state index contributed by atoms with van der Waals surface area (Å²) in [4.78, 5) is 20.5. The van der Waals surface area contributed by atoms with E-state index < -0.39 is 0 Å². The van der Waals surface area contributed by atoms with E-state index in [1.165, 1.54) is 0 Å². The molecule has 0 bridgehead atoms. The molecule has 0 amide bonds. The molecule has 10 rings (SSSR count). The normalized spacial score (nSPS) is 11.6. The zero-order valence-corrected chi connectivity index (χ0v) is 26.6. The summed E-state index contributed by atoms with van der Waals surface area (Å²) < 4.78 is 13.1. The molecule has 0 spiro atoms. The lowest BCUT2D eigenvalue weighted by Gasteiger charge is -2.09. The largest absolute Gasteiger partial charge is 0.455 e. The van der Waals surface area contributed by atoms with Crippen molar-refractivity contribution in [3.8, 4) is 56.5 Å². The molecular weight excluding hydrogens is 617 g/mol. The molecule has 10 aromatic rings. The van der Waals surface area contributed by atoms with Gasteiger partial charge in [-0.3, -0.25) is 0 Å². The summed E-state index contributed by atoms with van der Waals surface area (Å²) >= 11 is 0. The van der Waals surface area contributed by atoms with Crippen LogP contribution in [-0.4, -0.2) is 19.9 Å². The number of fused-ring (bicyclic) bond motifs is 6. The molecule has 0 fully saturated rings. The number of para-hydroxylation sites is 2. The molecule has 0 atom stereocenters. The van der Waals surface area contributed by atoms with Gasteiger partial charge in [-0.05, 0) is 30.3 Å². The zero-order valence-electron chi connectivity index (χ0n) is 26.6. The van der Waals surface area contributed by atoms with Crippen LogP contribution in [-0.2, 0) is 0 Å². The molecule has 4 aromatic heterocycles. The van der Waals surface area contributed by atoms with E-state index in [1.54, 1.807) is 0 Å². The predicted molar refractivity (Wildman–Crippen MR) is 199 cm³/mol. The molecule has 234 valence electrons. The third-order valence-electron chi connectivity index (χ3n) is 9.14.